The predicted octanol–water partition coefficient (Wildman–Crippen LogP) is 0.933. The molecule has 0 aliphatic heterocycles. The number of rotatable bonds is 0. The Morgan fingerprint density at radius 3 is 1.43 bits per heavy atom. The second kappa shape index (κ2) is 3.98. The van der Waals surface area contributed by atoms with Gasteiger partial charge in [-0.1, -0.05) is 12.2 Å². The van der Waals surface area contributed by atoms with Gasteiger partial charge in [-0.15, -0.1) is 0 Å². The summed E-state index contributed by atoms with van der Waals surface area (Å²) >= 11 is 0. The van der Waals surface area contributed by atoms with E-state index >= 15 is 0 Å². The number of allylic oxidation sites excluding steroid dienone is 2. The Morgan fingerprint density at radius 1 is 0.857 bits per heavy atom. The average molecular weight is 96.0 g/mol. The summed E-state index contributed by atoms with van der Waals surface area (Å²) in [7, 11) is 0. The van der Waals surface area contributed by atoms with E-state index in [1.165, 1.54) is 25.7 Å². The first-order valence-corrected chi connectivity index (χ1v) is 2.65. The van der Waals surface area contributed by atoms with Gasteiger partial charge in [0.25, 0.3) is 0 Å². The van der Waals surface area contributed by atoms with Crippen LogP contribution in [0.3, 0.4) is 0 Å². The van der Waals surface area contributed by atoms with Crippen molar-refractivity contribution < 1.29 is 0 Å². The van der Waals surface area contributed by atoms with E-state index in [0.29, 0.717) is 0 Å². The summed E-state index contributed by atoms with van der Waals surface area (Å²) in [6.07, 6.45) is 10.0. The van der Waals surface area contributed by atoms with Crippen molar-refractivity contribution in [3.8, 4) is 0 Å². The third-order valence-electron chi connectivity index (χ3n) is 1.16. The van der Waals surface area contributed by atoms with Crippen molar-refractivity contribution in [2.75, 3.05) is 0 Å². The predicted molar refractivity (Wildman–Crippen MR) is 37.5 cm³/mol. The first-order chi connectivity index (χ1) is 3.00. The largest absolute Gasteiger partial charge is 0.0885 e. The normalized spacial score (nSPS) is 18.3. The molecule has 0 aromatic heterocycles. The molecule has 40 valence electrons. The van der Waals surface area contributed by atoms with Crippen LogP contribution in [0.1, 0.15) is 25.7 Å². The van der Waals surface area contributed by atoms with Crippen LogP contribution in [0.25, 0.3) is 0 Å². The van der Waals surface area contributed by atoms with Gasteiger partial charge < -0.3 is 0 Å². The standard InChI is InChI=1S/C6H10.BH3/c1-2-4-6-5-3-1;/h1-2H,3-6H2;1H3. The van der Waals surface area contributed by atoms with Gasteiger partial charge in [-0.25, -0.2) is 0 Å². The summed E-state index contributed by atoms with van der Waals surface area (Å²) in [4.78, 5) is 0. The van der Waals surface area contributed by atoms with E-state index in [2.05, 4.69) is 12.2 Å². The Morgan fingerprint density at radius 2 is 1.29 bits per heavy atom. The topological polar surface area (TPSA) is 0 Å². The van der Waals surface area contributed by atoms with Gasteiger partial charge in [0.2, 0.25) is 0 Å². The van der Waals surface area contributed by atoms with E-state index in [-0.39, 0.29) is 8.41 Å². The van der Waals surface area contributed by atoms with Gasteiger partial charge in [0.05, 0.1) is 8.41 Å². The van der Waals surface area contributed by atoms with Crippen LogP contribution in [-0.4, -0.2) is 8.41 Å². The molecule has 7 heavy (non-hydrogen) atoms. The molecule has 1 rings (SSSR count). The summed E-state index contributed by atoms with van der Waals surface area (Å²) < 4.78 is 0. The van der Waals surface area contributed by atoms with Crippen molar-refractivity contribution in [1.82, 2.24) is 0 Å². The van der Waals surface area contributed by atoms with Gasteiger partial charge in [-0.3, -0.25) is 0 Å². The van der Waals surface area contributed by atoms with Crippen LogP contribution in [0.4, 0.5) is 0 Å². The minimum Gasteiger partial charge on any atom is -0.0885 e. The molecule has 1 heteroatoms. The third-order valence-corrected chi connectivity index (χ3v) is 1.16. The summed E-state index contributed by atoms with van der Waals surface area (Å²) in [5, 5.41) is 0. The summed E-state index contributed by atoms with van der Waals surface area (Å²) in [6.45, 7) is 0. The molecule has 0 amide bonds. The van der Waals surface area contributed by atoms with E-state index in [9.17, 15) is 0 Å². The van der Waals surface area contributed by atoms with Crippen molar-refractivity contribution >= 4 is 8.41 Å². The Labute approximate surface area is 47.2 Å². The molecule has 0 radical (unpaired) electrons. The Bertz CT molecular complexity index is 49.2. The van der Waals surface area contributed by atoms with Crippen molar-refractivity contribution in [3.05, 3.63) is 12.2 Å². The Hall–Kier alpha value is -0.195. The fourth-order valence-corrected chi connectivity index (χ4v) is 0.760. The van der Waals surface area contributed by atoms with Crippen LogP contribution in [0, 0.1) is 0 Å². The number of hydrogen-bond donors (Lipinski definition) is 0. The molecule has 0 spiro atoms. The lowest BCUT2D eigenvalue weighted by molar-refractivity contribution is 0.730. The average Bonchev–Trinajstić information content (AvgIpc) is 1.72. The van der Waals surface area contributed by atoms with Crippen molar-refractivity contribution in [3.63, 3.8) is 0 Å². The smallest absolute Gasteiger partial charge is 0.0814 e. The molecular formula is C6H13B. The molecular weight excluding hydrogens is 82.9 g/mol. The van der Waals surface area contributed by atoms with Crippen LogP contribution in [0.15, 0.2) is 12.2 Å². The first-order valence-electron chi connectivity index (χ1n) is 2.65. The molecule has 0 saturated carbocycles. The van der Waals surface area contributed by atoms with Crippen LogP contribution < -0.4 is 0 Å². The number of hydrogen-bond acceptors (Lipinski definition) is 0. The van der Waals surface area contributed by atoms with Gasteiger partial charge in [-0.05, 0) is 25.7 Å². The maximum Gasteiger partial charge on any atom is 0.0814 e. The minimum atomic E-state index is 0. The molecule has 0 nitrogen and oxygen atoms in total. The molecule has 0 N–H and O–H groups in total. The van der Waals surface area contributed by atoms with E-state index in [4.69, 9.17) is 0 Å². The maximum absolute atomic E-state index is 2.27. The zero-order valence-electron chi connectivity index (χ0n) is 3.98. The molecule has 0 heterocycles. The molecule has 0 aromatic rings. The molecule has 0 aromatic carbocycles. The molecule has 0 saturated heterocycles. The zero-order valence-corrected chi connectivity index (χ0v) is 3.98. The highest BCUT2D eigenvalue weighted by atomic mass is 13.9. The highest BCUT2D eigenvalue weighted by molar-refractivity contribution is 5.75. The Balaban J connectivity index is 0.000000360. The fourth-order valence-electron chi connectivity index (χ4n) is 0.760. The van der Waals surface area contributed by atoms with Gasteiger partial charge in [0.1, 0.15) is 0 Å². The minimum absolute atomic E-state index is 0. The molecule has 0 unspecified atom stereocenters. The van der Waals surface area contributed by atoms with E-state index < -0.39 is 0 Å². The second-order valence-electron chi connectivity index (χ2n) is 1.76. The van der Waals surface area contributed by atoms with Gasteiger partial charge in [0, 0.05) is 0 Å². The van der Waals surface area contributed by atoms with E-state index in [1.54, 1.807) is 0 Å². The van der Waals surface area contributed by atoms with Crippen molar-refractivity contribution in [2.45, 2.75) is 25.7 Å². The van der Waals surface area contributed by atoms with Gasteiger partial charge >= 0.3 is 0 Å². The van der Waals surface area contributed by atoms with E-state index in [0.717, 1.165) is 0 Å². The third kappa shape index (κ3) is 2.49. The highest BCUT2D eigenvalue weighted by Gasteiger charge is 1.87. The zero-order chi connectivity index (χ0) is 4.24. The highest BCUT2D eigenvalue weighted by Crippen LogP contribution is 2.07. The first kappa shape index (κ1) is 6.80. The lowest BCUT2D eigenvalue weighted by Gasteiger charge is -1.97. The van der Waals surface area contributed by atoms with Crippen LogP contribution in [0.2, 0.25) is 0 Å². The van der Waals surface area contributed by atoms with Gasteiger partial charge in [0.15, 0.2) is 0 Å². The summed E-state index contributed by atoms with van der Waals surface area (Å²) in [6, 6.07) is 0. The van der Waals surface area contributed by atoms with Crippen LogP contribution in [0.5, 0.6) is 0 Å². The fraction of sp³-hybridized carbons (Fsp3) is 0.667. The van der Waals surface area contributed by atoms with E-state index in [1.807, 2.05) is 0 Å². The molecule has 1 aliphatic carbocycles. The monoisotopic (exact) mass is 96.1 g/mol. The van der Waals surface area contributed by atoms with Crippen molar-refractivity contribution in [2.24, 2.45) is 0 Å². The van der Waals surface area contributed by atoms with Crippen LogP contribution in [-0.2, 0) is 0 Å². The van der Waals surface area contributed by atoms with Crippen molar-refractivity contribution in [1.29, 1.82) is 0 Å². The SMILES string of the molecule is B.C1=CCCCC1. The second-order valence-corrected chi connectivity index (χ2v) is 1.76. The molecule has 0 bridgehead atoms. The maximum atomic E-state index is 2.27. The molecule has 0 atom stereocenters. The lowest BCUT2D eigenvalue weighted by Crippen LogP contribution is -1.77. The lowest BCUT2D eigenvalue weighted by atomic mass is 10.1. The van der Waals surface area contributed by atoms with Crippen LogP contribution >= 0.6 is 0 Å². The summed E-state index contributed by atoms with van der Waals surface area (Å²) in [5.74, 6) is 0. The Kier molecular flexibility index (Phi) is 3.87. The molecule has 1 aliphatic rings. The molecule has 0 fully saturated rings. The summed E-state index contributed by atoms with van der Waals surface area (Å²) in [5.41, 5.74) is 0. The van der Waals surface area contributed by atoms with Gasteiger partial charge in [-0.2, -0.15) is 0 Å². The quantitative estimate of drug-likeness (QED) is 0.311.